The highest BCUT2D eigenvalue weighted by Crippen LogP contribution is 2.43. The van der Waals surface area contributed by atoms with Gasteiger partial charge in [-0.25, -0.2) is 0 Å². The molecule has 3 nitrogen and oxygen atoms in total. The summed E-state index contributed by atoms with van der Waals surface area (Å²) in [5.41, 5.74) is 0.207. The van der Waals surface area contributed by atoms with Gasteiger partial charge in [-0.05, 0) is 26.2 Å². The molecule has 2 fully saturated rings. The number of nitriles is 1. The van der Waals surface area contributed by atoms with Gasteiger partial charge in [0.25, 0.3) is 0 Å². The first-order valence-electron chi connectivity index (χ1n) is 6.86. The monoisotopic (exact) mass is 236 g/mol. The summed E-state index contributed by atoms with van der Waals surface area (Å²) in [6.07, 6.45) is 4.89. The first kappa shape index (κ1) is 12.9. The van der Waals surface area contributed by atoms with Crippen molar-refractivity contribution in [2.45, 2.75) is 64.6 Å². The van der Waals surface area contributed by atoms with Crippen LogP contribution in [0, 0.1) is 22.7 Å². The van der Waals surface area contributed by atoms with Crippen LogP contribution in [0.15, 0.2) is 0 Å². The summed E-state index contributed by atoms with van der Waals surface area (Å²) in [5.74, 6) is 0.219. The van der Waals surface area contributed by atoms with E-state index in [0.717, 1.165) is 25.9 Å². The lowest BCUT2D eigenvalue weighted by Crippen LogP contribution is -2.63. The van der Waals surface area contributed by atoms with Crippen molar-refractivity contribution in [3.63, 3.8) is 0 Å². The van der Waals surface area contributed by atoms with Crippen molar-refractivity contribution in [1.29, 1.82) is 5.26 Å². The van der Waals surface area contributed by atoms with E-state index in [1.165, 1.54) is 6.42 Å². The second-order valence-electron chi connectivity index (χ2n) is 5.99. The summed E-state index contributed by atoms with van der Waals surface area (Å²) < 4.78 is 5.74. The van der Waals surface area contributed by atoms with Gasteiger partial charge >= 0.3 is 0 Å². The van der Waals surface area contributed by atoms with Crippen LogP contribution in [-0.2, 0) is 4.74 Å². The smallest absolute Gasteiger partial charge is 0.0672 e. The zero-order valence-electron chi connectivity index (χ0n) is 11.2. The second kappa shape index (κ2) is 4.96. The average molecular weight is 236 g/mol. The van der Waals surface area contributed by atoms with Crippen LogP contribution in [-0.4, -0.2) is 24.8 Å². The highest BCUT2D eigenvalue weighted by molar-refractivity contribution is 5.06. The van der Waals surface area contributed by atoms with Crippen molar-refractivity contribution >= 4 is 0 Å². The molecule has 0 saturated heterocycles. The molecule has 3 heteroatoms. The van der Waals surface area contributed by atoms with Gasteiger partial charge in [0.05, 0.1) is 18.1 Å². The molecule has 96 valence electrons. The molecular formula is C14H24N2O. The van der Waals surface area contributed by atoms with Crippen LogP contribution >= 0.6 is 0 Å². The van der Waals surface area contributed by atoms with E-state index in [-0.39, 0.29) is 11.3 Å². The Kier molecular flexibility index (Phi) is 3.75. The van der Waals surface area contributed by atoms with Crippen LogP contribution in [0.5, 0.6) is 0 Å². The summed E-state index contributed by atoms with van der Waals surface area (Å²) in [6.45, 7) is 7.39. The molecule has 0 bridgehead atoms. The fraction of sp³-hybridized carbons (Fsp3) is 0.929. The molecule has 0 amide bonds. The Morgan fingerprint density at radius 1 is 1.41 bits per heavy atom. The van der Waals surface area contributed by atoms with Crippen molar-refractivity contribution < 1.29 is 4.74 Å². The molecule has 2 aliphatic carbocycles. The SMILES string of the molecule is CCOC1CC(NC2CCCC2C#N)C1(C)C. The lowest BCUT2D eigenvalue weighted by atomic mass is 9.64. The molecule has 0 aliphatic heterocycles. The second-order valence-corrected chi connectivity index (χ2v) is 5.99. The first-order valence-corrected chi connectivity index (χ1v) is 6.86. The summed E-state index contributed by atoms with van der Waals surface area (Å²) in [7, 11) is 0. The molecule has 0 aromatic heterocycles. The molecule has 0 heterocycles. The molecule has 4 atom stereocenters. The Morgan fingerprint density at radius 3 is 2.76 bits per heavy atom. The Morgan fingerprint density at radius 2 is 2.18 bits per heavy atom. The Labute approximate surface area is 105 Å². The third-order valence-electron chi connectivity index (χ3n) is 4.64. The minimum Gasteiger partial charge on any atom is -0.378 e. The highest BCUT2D eigenvalue weighted by atomic mass is 16.5. The average Bonchev–Trinajstić information content (AvgIpc) is 2.75. The number of ether oxygens (including phenoxy) is 1. The fourth-order valence-corrected chi connectivity index (χ4v) is 3.22. The first-order chi connectivity index (χ1) is 8.09. The van der Waals surface area contributed by atoms with E-state index < -0.39 is 0 Å². The molecule has 0 aromatic carbocycles. The van der Waals surface area contributed by atoms with Crippen LogP contribution in [0.3, 0.4) is 0 Å². The topological polar surface area (TPSA) is 45.0 Å². The molecule has 1 N–H and O–H groups in total. The Bertz CT molecular complexity index is 308. The van der Waals surface area contributed by atoms with Crippen LogP contribution in [0.25, 0.3) is 0 Å². The van der Waals surface area contributed by atoms with E-state index in [4.69, 9.17) is 10.00 Å². The molecule has 2 saturated carbocycles. The Balaban J connectivity index is 1.87. The standard InChI is InChI=1S/C14H24N2O/c1-4-17-13-8-12(14(13,2)3)16-11-7-5-6-10(11)9-15/h10-13,16H,4-8H2,1-3H3. The molecular weight excluding hydrogens is 212 g/mol. The minimum atomic E-state index is 0.207. The molecule has 17 heavy (non-hydrogen) atoms. The van der Waals surface area contributed by atoms with Gasteiger partial charge in [-0.2, -0.15) is 5.26 Å². The van der Waals surface area contributed by atoms with Crippen LogP contribution in [0.2, 0.25) is 0 Å². The Hall–Kier alpha value is -0.590. The highest BCUT2D eigenvalue weighted by Gasteiger charge is 2.50. The molecule has 0 radical (unpaired) electrons. The van der Waals surface area contributed by atoms with Gasteiger partial charge in [-0.1, -0.05) is 20.3 Å². The largest absolute Gasteiger partial charge is 0.378 e. The van der Waals surface area contributed by atoms with Crippen molar-refractivity contribution in [2.24, 2.45) is 11.3 Å². The van der Waals surface area contributed by atoms with E-state index in [2.05, 4.69) is 32.2 Å². The maximum atomic E-state index is 9.09. The van der Waals surface area contributed by atoms with E-state index >= 15 is 0 Å². The predicted molar refractivity (Wildman–Crippen MR) is 67.5 cm³/mol. The lowest BCUT2D eigenvalue weighted by molar-refractivity contribution is -0.116. The maximum absolute atomic E-state index is 9.09. The van der Waals surface area contributed by atoms with Gasteiger partial charge in [0.1, 0.15) is 0 Å². The van der Waals surface area contributed by atoms with E-state index in [0.29, 0.717) is 18.2 Å². The third kappa shape index (κ3) is 2.34. The zero-order valence-corrected chi connectivity index (χ0v) is 11.2. The van der Waals surface area contributed by atoms with Gasteiger partial charge in [0.15, 0.2) is 0 Å². The van der Waals surface area contributed by atoms with Crippen molar-refractivity contribution in [3.05, 3.63) is 0 Å². The number of hydrogen-bond acceptors (Lipinski definition) is 3. The molecule has 2 aliphatic rings. The zero-order chi connectivity index (χ0) is 12.5. The lowest BCUT2D eigenvalue weighted by Gasteiger charge is -2.53. The van der Waals surface area contributed by atoms with Gasteiger partial charge in [-0.15, -0.1) is 0 Å². The summed E-state index contributed by atoms with van der Waals surface area (Å²) >= 11 is 0. The third-order valence-corrected chi connectivity index (χ3v) is 4.64. The fourth-order valence-electron chi connectivity index (χ4n) is 3.22. The van der Waals surface area contributed by atoms with Gasteiger partial charge < -0.3 is 10.1 Å². The van der Waals surface area contributed by atoms with Gasteiger partial charge in [-0.3, -0.25) is 0 Å². The van der Waals surface area contributed by atoms with E-state index in [9.17, 15) is 0 Å². The maximum Gasteiger partial charge on any atom is 0.0672 e. The molecule has 0 spiro atoms. The van der Waals surface area contributed by atoms with Crippen LogP contribution in [0.4, 0.5) is 0 Å². The summed E-state index contributed by atoms with van der Waals surface area (Å²) in [4.78, 5) is 0. The van der Waals surface area contributed by atoms with E-state index in [1.54, 1.807) is 0 Å². The van der Waals surface area contributed by atoms with Crippen LogP contribution < -0.4 is 5.32 Å². The molecule has 0 aromatic rings. The molecule has 4 unspecified atom stereocenters. The van der Waals surface area contributed by atoms with E-state index in [1.807, 2.05) is 0 Å². The summed E-state index contributed by atoms with van der Waals surface area (Å²) in [6, 6.07) is 3.36. The summed E-state index contributed by atoms with van der Waals surface area (Å²) in [5, 5.41) is 12.8. The number of rotatable bonds is 4. The number of nitrogens with zero attached hydrogens (tertiary/aromatic N) is 1. The van der Waals surface area contributed by atoms with Gasteiger partial charge in [0, 0.05) is 24.1 Å². The molecule has 2 rings (SSSR count). The minimum absolute atomic E-state index is 0.207. The van der Waals surface area contributed by atoms with Crippen molar-refractivity contribution in [1.82, 2.24) is 5.32 Å². The van der Waals surface area contributed by atoms with Gasteiger partial charge in [0.2, 0.25) is 0 Å². The normalized spacial score (nSPS) is 39.6. The predicted octanol–water partition coefficient (Wildman–Crippen LogP) is 2.47. The number of nitrogens with one attached hydrogen (secondary N) is 1. The van der Waals surface area contributed by atoms with Crippen LogP contribution in [0.1, 0.15) is 46.5 Å². The van der Waals surface area contributed by atoms with Crippen molar-refractivity contribution in [3.8, 4) is 6.07 Å². The number of hydrogen-bond donors (Lipinski definition) is 1. The van der Waals surface area contributed by atoms with Crippen molar-refractivity contribution in [2.75, 3.05) is 6.61 Å². The quantitative estimate of drug-likeness (QED) is 0.815.